The molecule has 3 aromatic carbocycles. The standard InChI is InChI=1S/C27H23F4N3O/c28-21-9-10-22-23(17-21)33-25(32-22)26(19-6-2-1-3-7-19)11-13-34(14-12-26)24(35)16-18-5-4-8-20(15-18)27(29,30)31/h1-10,15,17H,11-14,16H2,(H,32,33). The number of benzene rings is 3. The largest absolute Gasteiger partial charge is 0.416 e. The van der Waals surface area contributed by atoms with Crippen LogP contribution in [-0.2, 0) is 22.8 Å². The first kappa shape index (κ1) is 23.1. The zero-order valence-electron chi connectivity index (χ0n) is 18.8. The molecule has 0 atom stereocenters. The number of alkyl halides is 3. The number of nitrogens with one attached hydrogen (secondary N) is 1. The summed E-state index contributed by atoms with van der Waals surface area (Å²) in [6.45, 7) is 0.857. The molecule has 1 fully saturated rings. The number of carbonyl (C=O) groups excluding carboxylic acids is 1. The van der Waals surface area contributed by atoms with Gasteiger partial charge in [0.25, 0.3) is 0 Å². The van der Waals surface area contributed by atoms with Crippen molar-refractivity contribution >= 4 is 16.9 Å². The van der Waals surface area contributed by atoms with Gasteiger partial charge in [0, 0.05) is 19.2 Å². The highest BCUT2D eigenvalue weighted by atomic mass is 19.4. The van der Waals surface area contributed by atoms with E-state index in [0.29, 0.717) is 42.8 Å². The molecule has 1 saturated heterocycles. The second kappa shape index (κ2) is 8.83. The Hall–Kier alpha value is -3.68. The van der Waals surface area contributed by atoms with E-state index in [9.17, 15) is 22.4 Å². The number of carbonyl (C=O) groups is 1. The first-order chi connectivity index (χ1) is 16.7. The van der Waals surface area contributed by atoms with Crippen LogP contribution in [0.25, 0.3) is 11.0 Å². The third kappa shape index (κ3) is 4.52. The SMILES string of the molecule is O=C(Cc1cccc(C(F)(F)F)c1)N1CCC(c2ccccc2)(c2nc3cc(F)ccc3[nH]2)CC1. The zero-order valence-corrected chi connectivity index (χ0v) is 18.8. The minimum absolute atomic E-state index is 0.0911. The van der Waals surface area contributed by atoms with Crippen molar-refractivity contribution in [3.05, 3.63) is 101 Å². The van der Waals surface area contributed by atoms with E-state index in [2.05, 4.69) is 4.98 Å². The summed E-state index contributed by atoms with van der Waals surface area (Å²) in [4.78, 5) is 22.7. The van der Waals surface area contributed by atoms with E-state index >= 15 is 0 Å². The van der Waals surface area contributed by atoms with Gasteiger partial charge in [-0.25, -0.2) is 9.37 Å². The normalized spacial score (nSPS) is 15.9. The Balaban J connectivity index is 1.39. The minimum Gasteiger partial charge on any atom is -0.342 e. The average molecular weight is 481 g/mol. The summed E-state index contributed by atoms with van der Waals surface area (Å²) in [5.41, 5.74) is 1.40. The topological polar surface area (TPSA) is 49.0 Å². The molecule has 0 saturated carbocycles. The Bertz CT molecular complexity index is 1360. The van der Waals surface area contributed by atoms with Crippen molar-refractivity contribution in [2.45, 2.75) is 30.9 Å². The maximum atomic E-state index is 13.8. The van der Waals surface area contributed by atoms with Gasteiger partial charge in [0.1, 0.15) is 11.6 Å². The summed E-state index contributed by atoms with van der Waals surface area (Å²) < 4.78 is 52.9. The van der Waals surface area contributed by atoms with Crippen LogP contribution in [0, 0.1) is 5.82 Å². The second-order valence-electron chi connectivity index (χ2n) is 8.95. The third-order valence-electron chi connectivity index (χ3n) is 6.80. The Kier molecular flexibility index (Phi) is 5.83. The van der Waals surface area contributed by atoms with E-state index < -0.39 is 17.2 Å². The van der Waals surface area contributed by atoms with Crippen molar-refractivity contribution < 1.29 is 22.4 Å². The second-order valence-corrected chi connectivity index (χ2v) is 8.95. The van der Waals surface area contributed by atoms with Crippen LogP contribution in [-0.4, -0.2) is 33.9 Å². The average Bonchev–Trinajstić information content (AvgIpc) is 3.28. The highest BCUT2D eigenvalue weighted by Gasteiger charge is 2.41. The summed E-state index contributed by atoms with van der Waals surface area (Å²) >= 11 is 0. The number of halogens is 4. The molecule has 1 N–H and O–H groups in total. The molecule has 4 nitrogen and oxygen atoms in total. The fraction of sp³-hybridized carbons (Fsp3) is 0.259. The van der Waals surface area contributed by atoms with Crippen molar-refractivity contribution in [2.75, 3.05) is 13.1 Å². The summed E-state index contributed by atoms with van der Waals surface area (Å²) in [6, 6.07) is 19.2. The molecule has 0 radical (unpaired) electrons. The molecular formula is C27H23F4N3O. The van der Waals surface area contributed by atoms with E-state index in [4.69, 9.17) is 4.98 Å². The van der Waals surface area contributed by atoms with E-state index in [1.165, 1.54) is 18.2 Å². The summed E-state index contributed by atoms with van der Waals surface area (Å²) in [5, 5.41) is 0. The summed E-state index contributed by atoms with van der Waals surface area (Å²) in [7, 11) is 0. The Morgan fingerprint density at radius 3 is 2.43 bits per heavy atom. The van der Waals surface area contributed by atoms with Crippen molar-refractivity contribution in [3.63, 3.8) is 0 Å². The number of nitrogens with zero attached hydrogens (tertiary/aromatic N) is 2. The molecule has 2 heterocycles. The minimum atomic E-state index is -4.45. The van der Waals surface area contributed by atoms with Crippen LogP contribution in [0.15, 0.2) is 72.8 Å². The molecule has 0 spiro atoms. The maximum absolute atomic E-state index is 13.8. The Morgan fingerprint density at radius 1 is 0.971 bits per heavy atom. The van der Waals surface area contributed by atoms with Gasteiger partial charge in [-0.1, -0.05) is 48.5 Å². The van der Waals surface area contributed by atoms with Crippen LogP contribution in [0.3, 0.4) is 0 Å². The lowest BCUT2D eigenvalue weighted by Gasteiger charge is -2.41. The van der Waals surface area contributed by atoms with Gasteiger partial charge < -0.3 is 9.88 Å². The van der Waals surface area contributed by atoms with Gasteiger partial charge in [-0.15, -0.1) is 0 Å². The molecule has 1 aliphatic rings. The number of H-pyrrole nitrogens is 1. The van der Waals surface area contributed by atoms with Gasteiger partial charge in [-0.2, -0.15) is 13.2 Å². The summed E-state index contributed by atoms with van der Waals surface area (Å²) in [6.07, 6.45) is -3.39. The Morgan fingerprint density at radius 2 is 1.71 bits per heavy atom. The fourth-order valence-electron chi connectivity index (χ4n) is 4.91. The number of amides is 1. The van der Waals surface area contributed by atoms with E-state index in [1.807, 2.05) is 30.3 Å². The molecule has 1 aliphatic heterocycles. The number of aromatic amines is 1. The first-order valence-corrected chi connectivity index (χ1v) is 11.4. The van der Waals surface area contributed by atoms with Crippen LogP contribution < -0.4 is 0 Å². The quantitative estimate of drug-likeness (QED) is 0.371. The molecule has 180 valence electrons. The number of hydrogen-bond acceptors (Lipinski definition) is 2. The lowest BCUT2D eigenvalue weighted by atomic mass is 9.72. The van der Waals surface area contributed by atoms with Gasteiger partial charge in [0.2, 0.25) is 5.91 Å². The highest BCUT2D eigenvalue weighted by Crippen LogP contribution is 2.41. The molecule has 8 heteroatoms. The Labute approximate surface area is 199 Å². The van der Waals surface area contributed by atoms with Crippen LogP contribution in [0.2, 0.25) is 0 Å². The third-order valence-corrected chi connectivity index (χ3v) is 6.80. The fourth-order valence-corrected chi connectivity index (χ4v) is 4.91. The number of fused-ring (bicyclic) bond motifs is 1. The van der Waals surface area contributed by atoms with Crippen LogP contribution >= 0.6 is 0 Å². The van der Waals surface area contributed by atoms with E-state index in [1.54, 1.807) is 17.0 Å². The van der Waals surface area contributed by atoms with Crippen molar-refractivity contribution in [1.82, 2.24) is 14.9 Å². The molecule has 0 aliphatic carbocycles. The molecule has 1 aromatic heterocycles. The highest BCUT2D eigenvalue weighted by molar-refractivity contribution is 5.79. The predicted octanol–water partition coefficient (Wildman–Crippen LogP) is 5.87. The van der Waals surface area contributed by atoms with Gasteiger partial charge in [-0.05, 0) is 42.2 Å². The van der Waals surface area contributed by atoms with E-state index in [0.717, 1.165) is 23.2 Å². The van der Waals surface area contributed by atoms with E-state index in [-0.39, 0.29) is 18.1 Å². The number of imidazole rings is 1. The van der Waals surface area contributed by atoms with Crippen LogP contribution in [0.4, 0.5) is 17.6 Å². The van der Waals surface area contributed by atoms with Gasteiger partial charge in [0.05, 0.1) is 28.4 Å². The van der Waals surface area contributed by atoms with Crippen LogP contribution in [0.5, 0.6) is 0 Å². The van der Waals surface area contributed by atoms with Crippen molar-refractivity contribution in [3.8, 4) is 0 Å². The number of piperidine rings is 1. The van der Waals surface area contributed by atoms with Crippen molar-refractivity contribution in [1.29, 1.82) is 0 Å². The lowest BCUT2D eigenvalue weighted by molar-refractivity contribution is -0.138. The summed E-state index contributed by atoms with van der Waals surface area (Å²) in [5.74, 6) is 0.145. The van der Waals surface area contributed by atoms with Gasteiger partial charge in [-0.3, -0.25) is 4.79 Å². The molecule has 5 rings (SSSR count). The molecule has 1 amide bonds. The lowest BCUT2D eigenvalue weighted by Crippen LogP contribution is -2.46. The molecule has 0 unspecified atom stereocenters. The number of hydrogen-bond donors (Lipinski definition) is 1. The first-order valence-electron chi connectivity index (χ1n) is 11.4. The zero-order chi connectivity index (χ0) is 24.6. The molecule has 35 heavy (non-hydrogen) atoms. The smallest absolute Gasteiger partial charge is 0.342 e. The number of rotatable bonds is 4. The molecular weight excluding hydrogens is 458 g/mol. The predicted molar refractivity (Wildman–Crippen MR) is 124 cm³/mol. The molecule has 4 aromatic rings. The van der Waals surface area contributed by atoms with Crippen LogP contribution in [0.1, 0.15) is 35.4 Å². The van der Waals surface area contributed by atoms with Gasteiger partial charge >= 0.3 is 6.18 Å². The molecule has 0 bridgehead atoms. The maximum Gasteiger partial charge on any atom is 0.416 e. The van der Waals surface area contributed by atoms with Crippen molar-refractivity contribution in [2.24, 2.45) is 0 Å². The monoisotopic (exact) mass is 481 g/mol. The van der Waals surface area contributed by atoms with Gasteiger partial charge in [0.15, 0.2) is 0 Å². The number of likely N-dealkylation sites (tertiary alicyclic amines) is 1. The number of aromatic nitrogens is 2.